The first kappa shape index (κ1) is 12.5. The van der Waals surface area contributed by atoms with E-state index in [1.165, 1.54) is 6.33 Å². The number of anilines is 1. The van der Waals surface area contributed by atoms with Crippen LogP contribution in [0.5, 0.6) is 0 Å². The fourth-order valence-electron chi connectivity index (χ4n) is 1.63. The van der Waals surface area contributed by atoms with Crippen LogP contribution in [-0.2, 0) is 12.7 Å². The van der Waals surface area contributed by atoms with Crippen molar-refractivity contribution in [2.45, 2.75) is 12.7 Å². The summed E-state index contributed by atoms with van der Waals surface area (Å²) in [5.74, 6) is 0. The molecule has 1 aromatic carbocycles. The first-order valence-electron chi connectivity index (χ1n) is 5.35. The number of aromatic amines is 1. The van der Waals surface area contributed by atoms with E-state index in [0.717, 1.165) is 17.8 Å². The summed E-state index contributed by atoms with van der Waals surface area (Å²) in [5.41, 5.74) is 1.17. The van der Waals surface area contributed by atoms with Crippen molar-refractivity contribution in [3.05, 3.63) is 42.0 Å². The zero-order valence-corrected chi connectivity index (χ0v) is 9.67. The highest BCUT2D eigenvalue weighted by Crippen LogP contribution is 2.30. The Morgan fingerprint density at radius 2 is 2.06 bits per heavy atom. The second kappa shape index (κ2) is 4.76. The van der Waals surface area contributed by atoms with Crippen LogP contribution in [0.25, 0.3) is 0 Å². The second-order valence-electron chi connectivity index (χ2n) is 4.02. The molecule has 2 aromatic rings. The van der Waals surface area contributed by atoms with E-state index in [9.17, 15) is 13.2 Å². The molecule has 0 atom stereocenters. The molecular weight excluding hydrogens is 242 g/mol. The number of aromatic nitrogens is 2. The van der Waals surface area contributed by atoms with Gasteiger partial charge in [0, 0.05) is 11.9 Å². The third-order valence-electron chi connectivity index (χ3n) is 2.44. The van der Waals surface area contributed by atoms with Crippen molar-refractivity contribution >= 4 is 19.0 Å². The molecule has 0 aliphatic heterocycles. The largest absolute Gasteiger partial charge is 0.416 e. The van der Waals surface area contributed by atoms with Gasteiger partial charge < -0.3 is 10.3 Å². The summed E-state index contributed by atoms with van der Waals surface area (Å²) in [4.78, 5) is 6.70. The Morgan fingerprint density at radius 3 is 2.67 bits per heavy atom. The van der Waals surface area contributed by atoms with Gasteiger partial charge >= 0.3 is 6.18 Å². The van der Waals surface area contributed by atoms with Crippen LogP contribution in [0.15, 0.2) is 30.7 Å². The smallest absolute Gasteiger partial charge is 0.379 e. The molecule has 0 unspecified atom stereocenters. The third kappa shape index (κ3) is 3.06. The maximum absolute atomic E-state index is 12.6. The van der Waals surface area contributed by atoms with E-state index in [1.54, 1.807) is 20.1 Å². The number of benzene rings is 1. The summed E-state index contributed by atoms with van der Waals surface area (Å²) in [7, 11) is 1.64. The average Bonchev–Trinajstić information content (AvgIpc) is 2.77. The lowest BCUT2D eigenvalue weighted by molar-refractivity contribution is -0.137. The van der Waals surface area contributed by atoms with Crippen LogP contribution in [0, 0.1) is 0 Å². The lowest BCUT2D eigenvalue weighted by atomic mass is 9.93. The molecule has 7 heteroatoms. The second-order valence-corrected chi connectivity index (χ2v) is 4.02. The monoisotopic (exact) mass is 253 g/mol. The fraction of sp³-hybridized carbons (Fsp3) is 0.182. The van der Waals surface area contributed by atoms with Crippen molar-refractivity contribution in [3.63, 3.8) is 0 Å². The van der Waals surface area contributed by atoms with Gasteiger partial charge in [0.1, 0.15) is 7.85 Å². The number of hydrogen-bond acceptors (Lipinski definition) is 2. The van der Waals surface area contributed by atoms with Crippen molar-refractivity contribution in [3.8, 4) is 0 Å². The van der Waals surface area contributed by atoms with E-state index in [4.69, 9.17) is 0 Å². The summed E-state index contributed by atoms with van der Waals surface area (Å²) in [5, 5.41) is 2.93. The van der Waals surface area contributed by atoms with Crippen LogP contribution < -0.4 is 10.8 Å². The fourth-order valence-corrected chi connectivity index (χ4v) is 1.63. The minimum absolute atomic E-state index is 0.404. The molecule has 2 N–H and O–H groups in total. The van der Waals surface area contributed by atoms with Crippen molar-refractivity contribution in [1.29, 1.82) is 0 Å². The molecule has 3 nitrogen and oxygen atoms in total. The summed E-state index contributed by atoms with van der Waals surface area (Å²) in [6, 6.07) is 3.90. The average molecular weight is 253 g/mol. The Morgan fingerprint density at radius 1 is 1.28 bits per heavy atom. The predicted octanol–water partition coefficient (Wildman–Crippen LogP) is 1.30. The molecular formula is C11H11BF3N3. The van der Waals surface area contributed by atoms with Crippen LogP contribution >= 0.6 is 0 Å². The number of imidazole rings is 1. The quantitative estimate of drug-likeness (QED) is 0.809. The summed E-state index contributed by atoms with van der Waals surface area (Å²) in [6.07, 6.45) is -1.18. The summed E-state index contributed by atoms with van der Waals surface area (Å²) >= 11 is 0. The van der Waals surface area contributed by atoms with E-state index >= 15 is 0 Å². The normalized spacial score (nSPS) is 11.5. The molecule has 0 aliphatic carbocycles. The number of H-pyrrole nitrogens is 1. The van der Waals surface area contributed by atoms with Crippen LogP contribution in [0.4, 0.5) is 18.9 Å². The number of alkyl halides is 3. The first-order chi connectivity index (χ1) is 8.45. The molecule has 18 heavy (non-hydrogen) atoms. The Bertz CT molecular complexity index is 523. The molecule has 0 aliphatic rings. The van der Waals surface area contributed by atoms with Gasteiger partial charge in [-0.25, -0.2) is 4.98 Å². The standard InChI is InChI=1S/C11H11BF3N3/c12-8-1-7(11(13,14)15)2-9(3-8)17-5-10-4-16-6-18-10/h1-4,6,17H,5,12H2,(H,16,18). The molecule has 0 spiro atoms. The molecule has 1 aromatic heterocycles. The van der Waals surface area contributed by atoms with E-state index in [2.05, 4.69) is 15.3 Å². The van der Waals surface area contributed by atoms with Gasteiger partial charge in [0.05, 0.1) is 24.1 Å². The highest BCUT2D eigenvalue weighted by Gasteiger charge is 2.30. The Labute approximate surface area is 103 Å². The van der Waals surface area contributed by atoms with Crippen molar-refractivity contribution in [1.82, 2.24) is 9.97 Å². The van der Waals surface area contributed by atoms with Gasteiger partial charge in [-0.05, 0) is 12.1 Å². The van der Waals surface area contributed by atoms with E-state index in [1.807, 2.05) is 0 Å². The number of nitrogens with one attached hydrogen (secondary N) is 2. The molecule has 0 radical (unpaired) electrons. The lowest BCUT2D eigenvalue weighted by Crippen LogP contribution is -2.13. The highest BCUT2D eigenvalue weighted by molar-refractivity contribution is 6.32. The van der Waals surface area contributed by atoms with Gasteiger partial charge in [-0.15, -0.1) is 0 Å². The van der Waals surface area contributed by atoms with E-state index in [0.29, 0.717) is 17.7 Å². The van der Waals surface area contributed by atoms with Crippen molar-refractivity contribution < 1.29 is 13.2 Å². The molecule has 1 heterocycles. The SMILES string of the molecule is Bc1cc(NCc2cnc[nH]2)cc(C(F)(F)F)c1. The molecule has 0 bridgehead atoms. The predicted molar refractivity (Wildman–Crippen MR) is 65.5 cm³/mol. The zero-order valence-electron chi connectivity index (χ0n) is 9.67. The van der Waals surface area contributed by atoms with Crippen LogP contribution in [0.1, 0.15) is 11.3 Å². The van der Waals surface area contributed by atoms with Gasteiger partial charge in [-0.3, -0.25) is 0 Å². The van der Waals surface area contributed by atoms with E-state index < -0.39 is 11.7 Å². The van der Waals surface area contributed by atoms with Gasteiger partial charge in [0.2, 0.25) is 0 Å². The Balaban J connectivity index is 2.15. The first-order valence-corrected chi connectivity index (χ1v) is 5.35. The van der Waals surface area contributed by atoms with E-state index in [-0.39, 0.29) is 0 Å². The molecule has 94 valence electrons. The third-order valence-corrected chi connectivity index (χ3v) is 2.44. The van der Waals surface area contributed by atoms with Crippen LogP contribution in [-0.4, -0.2) is 17.8 Å². The number of nitrogens with zero attached hydrogens (tertiary/aromatic N) is 1. The lowest BCUT2D eigenvalue weighted by Gasteiger charge is -2.12. The van der Waals surface area contributed by atoms with Crippen molar-refractivity contribution in [2.75, 3.05) is 5.32 Å². The van der Waals surface area contributed by atoms with Crippen molar-refractivity contribution in [2.24, 2.45) is 0 Å². The maximum Gasteiger partial charge on any atom is 0.416 e. The molecule has 0 fully saturated rings. The number of rotatable bonds is 3. The molecule has 0 amide bonds. The van der Waals surface area contributed by atoms with Gasteiger partial charge in [-0.1, -0.05) is 11.5 Å². The number of halogens is 3. The van der Waals surface area contributed by atoms with Gasteiger partial charge in [-0.2, -0.15) is 13.2 Å². The Kier molecular flexibility index (Phi) is 3.31. The molecule has 2 rings (SSSR count). The van der Waals surface area contributed by atoms with Crippen LogP contribution in [0.2, 0.25) is 0 Å². The van der Waals surface area contributed by atoms with Crippen LogP contribution in [0.3, 0.4) is 0 Å². The topological polar surface area (TPSA) is 40.7 Å². The minimum atomic E-state index is -4.32. The summed E-state index contributed by atoms with van der Waals surface area (Å²) in [6.45, 7) is 0.404. The molecule has 0 saturated carbocycles. The Hall–Kier alpha value is -1.92. The number of hydrogen-bond donors (Lipinski definition) is 2. The van der Waals surface area contributed by atoms with Gasteiger partial charge in [0.15, 0.2) is 0 Å². The highest BCUT2D eigenvalue weighted by atomic mass is 19.4. The molecule has 0 saturated heterocycles. The zero-order chi connectivity index (χ0) is 13.2. The van der Waals surface area contributed by atoms with Gasteiger partial charge in [0.25, 0.3) is 0 Å². The minimum Gasteiger partial charge on any atom is -0.379 e. The summed E-state index contributed by atoms with van der Waals surface area (Å²) < 4.78 is 37.9. The maximum atomic E-state index is 12.6.